The number of carbonyl (C=O) groups is 1. The highest BCUT2D eigenvalue weighted by molar-refractivity contribution is 7.47. The number of unbranched alkanes of at least 4 members (excludes halogenated alkanes) is 11. The van der Waals surface area contributed by atoms with Crippen molar-refractivity contribution in [2.24, 2.45) is 5.92 Å². The van der Waals surface area contributed by atoms with Crippen LogP contribution in [0.5, 0.6) is 5.75 Å². The predicted octanol–water partition coefficient (Wildman–Crippen LogP) is 7.99. The van der Waals surface area contributed by atoms with E-state index in [4.69, 9.17) is 13.8 Å². The number of phosphoric ester groups is 1. The van der Waals surface area contributed by atoms with Crippen molar-refractivity contribution in [1.29, 1.82) is 0 Å². The van der Waals surface area contributed by atoms with Gasteiger partial charge in [-0.2, -0.15) is 0 Å². The van der Waals surface area contributed by atoms with Crippen molar-refractivity contribution in [2.45, 2.75) is 110 Å². The molecule has 0 saturated heterocycles. The maximum absolute atomic E-state index is 12.2. The number of hydrogen-bond acceptors (Lipinski definition) is 6. The van der Waals surface area contributed by atoms with Gasteiger partial charge in [0.2, 0.25) is 0 Å². The van der Waals surface area contributed by atoms with Crippen LogP contribution in [0.15, 0.2) is 24.3 Å². The smallest absolute Gasteiger partial charge is 0.472 e. The maximum Gasteiger partial charge on any atom is 0.472 e. The summed E-state index contributed by atoms with van der Waals surface area (Å²) < 4.78 is 28.4. The van der Waals surface area contributed by atoms with Gasteiger partial charge in [0, 0.05) is 19.4 Å². The minimum atomic E-state index is -4.16. The first-order chi connectivity index (χ1) is 18.8. The Morgan fingerprint density at radius 3 is 1.95 bits per heavy atom. The number of Topliss-reactive ketones (excluding diaryl/α,β-unsaturated/α-hetero) is 1. The van der Waals surface area contributed by atoms with Crippen molar-refractivity contribution in [1.82, 2.24) is 4.90 Å². The van der Waals surface area contributed by atoms with Crippen LogP contribution in [0.1, 0.15) is 109 Å². The molecule has 0 heterocycles. The highest BCUT2D eigenvalue weighted by Crippen LogP contribution is 2.43. The molecule has 0 saturated carbocycles. The largest absolute Gasteiger partial charge is 0.494 e. The third-order valence-electron chi connectivity index (χ3n) is 6.89. The van der Waals surface area contributed by atoms with Crippen LogP contribution >= 0.6 is 7.82 Å². The molecular formula is C31H56NO6P. The zero-order valence-electron chi connectivity index (χ0n) is 25.2. The van der Waals surface area contributed by atoms with E-state index < -0.39 is 7.82 Å². The van der Waals surface area contributed by atoms with Crippen LogP contribution < -0.4 is 4.74 Å². The zero-order chi connectivity index (χ0) is 28.8. The molecule has 1 aromatic carbocycles. The van der Waals surface area contributed by atoms with Gasteiger partial charge in [0.15, 0.2) is 0 Å². The summed E-state index contributed by atoms with van der Waals surface area (Å²) in [5, 5.41) is 0. The number of ketones is 1. The molecule has 0 amide bonds. The van der Waals surface area contributed by atoms with Gasteiger partial charge in [0.1, 0.15) is 11.5 Å². The summed E-state index contributed by atoms with van der Waals surface area (Å²) in [5.74, 6) is 0.740. The van der Waals surface area contributed by atoms with Crippen LogP contribution in [0.2, 0.25) is 0 Å². The molecule has 0 fully saturated rings. The molecule has 0 radical (unpaired) electrons. The maximum atomic E-state index is 12.2. The van der Waals surface area contributed by atoms with Crippen molar-refractivity contribution in [3.63, 3.8) is 0 Å². The summed E-state index contributed by atoms with van der Waals surface area (Å²) >= 11 is 0. The normalized spacial score (nSPS) is 13.9. The van der Waals surface area contributed by atoms with Gasteiger partial charge in [-0.3, -0.25) is 13.8 Å². The van der Waals surface area contributed by atoms with E-state index >= 15 is 0 Å². The molecule has 7 nitrogen and oxygen atoms in total. The number of ether oxygens (including phenoxy) is 1. The standard InChI is InChI=1S/C31H56NO6P/c1-5-7-8-9-10-11-12-13-14-15-16-17-23-36-31-20-18-28(19-21-31)25-29(26-30(33)6-2)27-38-39(34,35)37-24-22-32(3)4/h18-21,29H,5-17,22-27H2,1-4H3,(H,34,35). The van der Waals surface area contributed by atoms with Gasteiger partial charge in [-0.25, -0.2) is 4.57 Å². The molecule has 0 aromatic heterocycles. The van der Waals surface area contributed by atoms with Crippen molar-refractivity contribution in [3.8, 4) is 5.75 Å². The Bertz CT molecular complexity index is 786. The molecule has 1 aromatic rings. The van der Waals surface area contributed by atoms with Gasteiger partial charge in [0.25, 0.3) is 0 Å². The fraction of sp³-hybridized carbons (Fsp3) is 0.774. The molecule has 0 aliphatic heterocycles. The number of rotatable bonds is 26. The van der Waals surface area contributed by atoms with Crippen molar-refractivity contribution < 1.29 is 28.0 Å². The highest BCUT2D eigenvalue weighted by Gasteiger charge is 2.24. The van der Waals surface area contributed by atoms with Crippen LogP contribution in [0.3, 0.4) is 0 Å². The molecule has 1 rings (SSSR count). The lowest BCUT2D eigenvalue weighted by Gasteiger charge is -2.19. The Morgan fingerprint density at radius 2 is 1.41 bits per heavy atom. The van der Waals surface area contributed by atoms with Crippen LogP contribution in [0, 0.1) is 5.92 Å². The lowest BCUT2D eigenvalue weighted by Crippen LogP contribution is -2.19. The molecule has 2 unspecified atom stereocenters. The van der Waals surface area contributed by atoms with Gasteiger partial charge in [-0.1, -0.05) is 96.6 Å². The van der Waals surface area contributed by atoms with E-state index in [1.807, 2.05) is 50.2 Å². The minimum Gasteiger partial charge on any atom is -0.494 e. The highest BCUT2D eigenvalue weighted by atomic mass is 31.2. The third kappa shape index (κ3) is 20.3. The van der Waals surface area contributed by atoms with Crippen LogP contribution in [-0.2, 0) is 24.8 Å². The number of likely N-dealkylation sites (N-methyl/N-ethyl adjacent to an activating group) is 1. The molecule has 1 N–H and O–H groups in total. The van der Waals surface area contributed by atoms with Crippen molar-refractivity contribution >= 4 is 13.6 Å². The lowest BCUT2D eigenvalue weighted by molar-refractivity contribution is -0.120. The Kier molecular flexibility index (Phi) is 20.6. The van der Waals surface area contributed by atoms with E-state index in [0.29, 0.717) is 25.8 Å². The fourth-order valence-corrected chi connectivity index (χ4v) is 5.21. The SMILES string of the molecule is CCCCCCCCCCCCCCOc1ccc(CC(COP(=O)(O)OCCN(C)C)CC(=O)CC)cc1. The molecule has 8 heteroatoms. The van der Waals surface area contributed by atoms with Crippen molar-refractivity contribution in [3.05, 3.63) is 29.8 Å². The summed E-state index contributed by atoms with van der Waals surface area (Å²) in [6.07, 6.45) is 17.2. The average Bonchev–Trinajstić information content (AvgIpc) is 2.90. The summed E-state index contributed by atoms with van der Waals surface area (Å²) in [5.41, 5.74) is 1.03. The monoisotopic (exact) mass is 569 g/mol. The Morgan fingerprint density at radius 1 is 0.846 bits per heavy atom. The second kappa shape index (κ2) is 22.4. The molecular weight excluding hydrogens is 513 g/mol. The van der Waals surface area contributed by atoms with E-state index in [1.54, 1.807) is 0 Å². The quantitative estimate of drug-likeness (QED) is 0.0894. The van der Waals surface area contributed by atoms with Crippen molar-refractivity contribution in [2.75, 3.05) is 40.5 Å². The second-order valence-electron chi connectivity index (χ2n) is 10.9. The molecule has 2 atom stereocenters. The minimum absolute atomic E-state index is 0.0152. The summed E-state index contributed by atoms with van der Waals surface area (Å²) in [7, 11) is -0.447. The summed E-state index contributed by atoms with van der Waals surface area (Å²) in [6, 6.07) is 7.90. The predicted molar refractivity (Wildman–Crippen MR) is 160 cm³/mol. The zero-order valence-corrected chi connectivity index (χ0v) is 26.1. The first-order valence-electron chi connectivity index (χ1n) is 15.3. The molecule has 39 heavy (non-hydrogen) atoms. The fourth-order valence-electron chi connectivity index (χ4n) is 4.42. The molecule has 0 spiro atoms. The number of benzene rings is 1. The number of hydrogen-bond donors (Lipinski definition) is 1. The Hall–Kier alpha value is -1.24. The van der Waals surface area contributed by atoms with Gasteiger partial charge in [0.05, 0.1) is 19.8 Å². The Labute approximate surface area is 238 Å². The summed E-state index contributed by atoms with van der Waals surface area (Å²) in [4.78, 5) is 23.9. The number of phosphoric acid groups is 1. The second-order valence-corrected chi connectivity index (χ2v) is 12.4. The first-order valence-corrected chi connectivity index (χ1v) is 16.7. The lowest BCUT2D eigenvalue weighted by atomic mass is 9.94. The van der Waals surface area contributed by atoms with E-state index in [9.17, 15) is 14.3 Å². The first kappa shape index (κ1) is 35.8. The number of nitrogens with zero attached hydrogens (tertiary/aromatic N) is 1. The topological polar surface area (TPSA) is 85.3 Å². The average molecular weight is 570 g/mol. The van der Waals surface area contributed by atoms with Gasteiger partial charge in [-0.15, -0.1) is 0 Å². The summed E-state index contributed by atoms with van der Waals surface area (Å²) in [6.45, 7) is 5.40. The third-order valence-corrected chi connectivity index (χ3v) is 7.88. The molecule has 0 aliphatic rings. The van der Waals surface area contributed by atoms with Gasteiger partial charge >= 0.3 is 7.82 Å². The van der Waals surface area contributed by atoms with E-state index in [1.165, 1.54) is 70.6 Å². The van der Waals surface area contributed by atoms with Crippen LogP contribution in [-0.4, -0.2) is 56.0 Å². The Balaban J connectivity index is 2.31. The van der Waals surface area contributed by atoms with Crippen LogP contribution in [0.25, 0.3) is 0 Å². The van der Waals surface area contributed by atoms with E-state index in [2.05, 4.69) is 6.92 Å². The molecule has 0 bridgehead atoms. The molecule has 0 aliphatic carbocycles. The van der Waals surface area contributed by atoms with Gasteiger partial charge in [-0.05, 0) is 50.6 Å². The molecule has 226 valence electrons. The van der Waals surface area contributed by atoms with E-state index in [0.717, 1.165) is 24.3 Å². The van der Waals surface area contributed by atoms with E-state index in [-0.39, 0.29) is 24.9 Å². The van der Waals surface area contributed by atoms with Gasteiger partial charge < -0.3 is 14.5 Å². The van der Waals surface area contributed by atoms with Crippen LogP contribution in [0.4, 0.5) is 0 Å². The number of carbonyl (C=O) groups excluding carboxylic acids is 1.